The molecule has 178 valence electrons. The summed E-state index contributed by atoms with van der Waals surface area (Å²) in [5.41, 5.74) is 3.08. The van der Waals surface area contributed by atoms with Crippen molar-refractivity contribution < 1.29 is 14.3 Å². The second kappa shape index (κ2) is 12.4. The molecule has 0 saturated heterocycles. The quantitative estimate of drug-likeness (QED) is 0.346. The van der Waals surface area contributed by atoms with Crippen LogP contribution >= 0.6 is 0 Å². The fraction of sp³-hybridized carbons (Fsp3) is 0.286. The molecule has 1 atom stereocenters. The van der Waals surface area contributed by atoms with Crippen LogP contribution in [-0.2, 0) is 4.79 Å². The van der Waals surface area contributed by atoms with Crippen LogP contribution in [0.25, 0.3) is 0 Å². The molecule has 0 aliphatic rings. The van der Waals surface area contributed by atoms with Crippen molar-refractivity contribution in [2.24, 2.45) is 5.92 Å². The molecular weight excluding hydrogens is 426 g/mol. The monoisotopic (exact) mass is 459 g/mol. The van der Waals surface area contributed by atoms with Crippen molar-refractivity contribution in [2.75, 3.05) is 23.8 Å². The molecule has 0 aliphatic heterocycles. The smallest absolute Gasteiger partial charge is 0.251 e. The van der Waals surface area contributed by atoms with Crippen molar-refractivity contribution in [3.05, 3.63) is 90.0 Å². The van der Waals surface area contributed by atoms with Gasteiger partial charge in [-0.3, -0.25) is 9.59 Å². The predicted octanol–water partition coefficient (Wildman–Crippen LogP) is 5.65. The number of amides is 2. The zero-order valence-corrected chi connectivity index (χ0v) is 20.0. The Morgan fingerprint density at radius 3 is 2.12 bits per heavy atom. The first kappa shape index (κ1) is 24.8. The zero-order chi connectivity index (χ0) is 24.3. The van der Waals surface area contributed by atoms with E-state index >= 15 is 0 Å². The fourth-order valence-electron chi connectivity index (χ4n) is 3.28. The van der Waals surface area contributed by atoms with Crippen LogP contribution in [-0.4, -0.2) is 25.0 Å². The van der Waals surface area contributed by atoms with Crippen LogP contribution in [0.2, 0.25) is 0 Å². The van der Waals surface area contributed by atoms with Crippen LogP contribution in [0.3, 0.4) is 0 Å². The maximum Gasteiger partial charge on any atom is 0.251 e. The minimum atomic E-state index is -0.160. The van der Waals surface area contributed by atoms with Gasteiger partial charge in [0.15, 0.2) is 0 Å². The summed E-state index contributed by atoms with van der Waals surface area (Å²) >= 11 is 0. The van der Waals surface area contributed by atoms with Gasteiger partial charge in [0.1, 0.15) is 5.75 Å². The number of carbonyl (C=O) groups is 2. The van der Waals surface area contributed by atoms with Crippen LogP contribution in [0.1, 0.15) is 49.2 Å². The summed E-state index contributed by atoms with van der Waals surface area (Å²) in [5, 5.41) is 8.94. The molecule has 6 heteroatoms. The number of anilines is 2. The van der Waals surface area contributed by atoms with E-state index in [1.807, 2.05) is 61.5 Å². The molecule has 1 unspecified atom stereocenters. The number of ether oxygens (including phenoxy) is 1. The maximum atomic E-state index is 12.5. The summed E-state index contributed by atoms with van der Waals surface area (Å²) in [6.45, 7) is 7.07. The lowest BCUT2D eigenvalue weighted by atomic mass is 10.1. The third-order valence-electron chi connectivity index (χ3n) is 5.35. The SMILES string of the molecule is CC(C)CCOc1ccc(NC(=O)CNc2ccc(C(=O)NC(C)c3ccccc3)cc2)cc1. The lowest BCUT2D eigenvalue weighted by Gasteiger charge is -2.14. The third kappa shape index (κ3) is 7.96. The molecule has 2 amide bonds. The van der Waals surface area contributed by atoms with Crippen LogP contribution in [0.15, 0.2) is 78.9 Å². The van der Waals surface area contributed by atoms with Crippen molar-refractivity contribution >= 4 is 23.2 Å². The van der Waals surface area contributed by atoms with E-state index < -0.39 is 0 Å². The van der Waals surface area contributed by atoms with Gasteiger partial charge in [-0.1, -0.05) is 44.2 Å². The normalized spacial score (nSPS) is 11.5. The van der Waals surface area contributed by atoms with Gasteiger partial charge in [0.2, 0.25) is 5.91 Å². The van der Waals surface area contributed by atoms with Gasteiger partial charge in [-0.05, 0) is 73.4 Å². The van der Waals surface area contributed by atoms with Crippen molar-refractivity contribution in [3.8, 4) is 5.75 Å². The highest BCUT2D eigenvalue weighted by Gasteiger charge is 2.11. The standard InChI is InChI=1S/C28H33N3O3/c1-20(2)17-18-34-26-15-13-25(14-16-26)31-27(32)19-29-24-11-9-23(10-12-24)28(33)30-21(3)22-7-5-4-6-8-22/h4-16,20-21,29H,17-19H2,1-3H3,(H,30,33)(H,31,32). The lowest BCUT2D eigenvalue weighted by molar-refractivity contribution is -0.114. The van der Waals surface area contributed by atoms with Gasteiger partial charge in [-0.15, -0.1) is 0 Å². The van der Waals surface area contributed by atoms with E-state index in [-0.39, 0.29) is 24.4 Å². The number of benzene rings is 3. The van der Waals surface area contributed by atoms with E-state index in [4.69, 9.17) is 4.74 Å². The predicted molar refractivity (Wildman–Crippen MR) is 137 cm³/mol. The molecule has 0 heterocycles. The maximum absolute atomic E-state index is 12.5. The van der Waals surface area contributed by atoms with E-state index in [9.17, 15) is 9.59 Å². The molecule has 0 bridgehead atoms. The highest BCUT2D eigenvalue weighted by atomic mass is 16.5. The lowest BCUT2D eigenvalue weighted by Crippen LogP contribution is -2.26. The number of nitrogens with one attached hydrogen (secondary N) is 3. The Morgan fingerprint density at radius 2 is 1.47 bits per heavy atom. The summed E-state index contributed by atoms with van der Waals surface area (Å²) < 4.78 is 5.70. The Hall–Kier alpha value is -3.80. The Bertz CT molecular complexity index is 1050. The summed E-state index contributed by atoms with van der Waals surface area (Å²) in [7, 11) is 0. The summed E-state index contributed by atoms with van der Waals surface area (Å²) in [5.74, 6) is 1.09. The van der Waals surface area contributed by atoms with Crippen LogP contribution < -0.4 is 20.7 Å². The first-order chi connectivity index (χ1) is 16.4. The minimum Gasteiger partial charge on any atom is -0.494 e. The minimum absolute atomic E-state index is 0.0872. The van der Waals surface area contributed by atoms with Gasteiger partial charge in [0.05, 0.1) is 19.2 Å². The second-order valence-electron chi connectivity index (χ2n) is 8.64. The molecule has 3 N–H and O–H groups in total. The molecule has 0 radical (unpaired) electrons. The van der Waals surface area contributed by atoms with Gasteiger partial charge >= 0.3 is 0 Å². The second-order valence-corrected chi connectivity index (χ2v) is 8.64. The highest BCUT2D eigenvalue weighted by Crippen LogP contribution is 2.17. The average molecular weight is 460 g/mol. The van der Waals surface area contributed by atoms with Gasteiger partial charge in [0.25, 0.3) is 5.91 Å². The highest BCUT2D eigenvalue weighted by molar-refractivity contribution is 5.95. The first-order valence-corrected chi connectivity index (χ1v) is 11.6. The summed E-state index contributed by atoms with van der Waals surface area (Å²) in [6.07, 6.45) is 1.00. The van der Waals surface area contributed by atoms with E-state index in [2.05, 4.69) is 29.8 Å². The number of hydrogen-bond acceptors (Lipinski definition) is 4. The molecular formula is C28H33N3O3. The molecule has 3 aromatic rings. The third-order valence-corrected chi connectivity index (χ3v) is 5.35. The molecule has 6 nitrogen and oxygen atoms in total. The van der Waals surface area contributed by atoms with E-state index in [0.717, 1.165) is 23.4 Å². The van der Waals surface area contributed by atoms with E-state index in [1.54, 1.807) is 24.3 Å². The fourth-order valence-corrected chi connectivity index (χ4v) is 3.28. The topological polar surface area (TPSA) is 79.5 Å². The molecule has 0 aliphatic carbocycles. The molecule has 0 spiro atoms. The molecule has 0 fully saturated rings. The molecule has 3 rings (SSSR count). The van der Waals surface area contributed by atoms with Crippen molar-refractivity contribution in [2.45, 2.75) is 33.2 Å². The van der Waals surface area contributed by atoms with Crippen molar-refractivity contribution in [3.63, 3.8) is 0 Å². The van der Waals surface area contributed by atoms with Crippen LogP contribution in [0.5, 0.6) is 5.75 Å². The van der Waals surface area contributed by atoms with Gasteiger partial charge < -0.3 is 20.7 Å². The van der Waals surface area contributed by atoms with Crippen LogP contribution in [0.4, 0.5) is 11.4 Å². The Morgan fingerprint density at radius 1 is 0.824 bits per heavy atom. The van der Waals surface area contributed by atoms with E-state index in [1.165, 1.54) is 0 Å². The van der Waals surface area contributed by atoms with Crippen LogP contribution in [0, 0.1) is 5.92 Å². The zero-order valence-electron chi connectivity index (χ0n) is 20.0. The number of carbonyl (C=O) groups excluding carboxylic acids is 2. The van der Waals surface area contributed by atoms with E-state index in [0.29, 0.717) is 23.8 Å². The number of hydrogen-bond donors (Lipinski definition) is 3. The molecule has 3 aromatic carbocycles. The molecule has 0 aromatic heterocycles. The van der Waals surface area contributed by atoms with Gasteiger partial charge in [-0.25, -0.2) is 0 Å². The van der Waals surface area contributed by atoms with Crippen molar-refractivity contribution in [1.29, 1.82) is 0 Å². The van der Waals surface area contributed by atoms with Crippen molar-refractivity contribution in [1.82, 2.24) is 5.32 Å². The largest absolute Gasteiger partial charge is 0.494 e. The molecule has 34 heavy (non-hydrogen) atoms. The summed E-state index contributed by atoms with van der Waals surface area (Å²) in [6, 6.07) is 24.2. The molecule has 0 saturated carbocycles. The average Bonchev–Trinajstić information content (AvgIpc) is 2.84. The van der Waals surface area contributed by atoms with Gasteiger partial charge in [-0.2, -0.15) is 0 Å². The van der Waals surface area contributed by atoms with Gasteiger partial charge in [0, 0.05) is 16.9 Å². The Labute approximate surface area is 201 Å². The summed E-state index contributed by atoms with van der Waals surface area (Å²) in [4.78, 5) is 24.8. The number of rotatable bonds is 11. The Balaban J connectivity index is 1.43. The first-order valence-electron chi connectivity index (χ1n) is 11.6. The Kier molecular flexibility index (Phi) is 9.09.